The van der Waals surface area contributed by atoms with Gasteiger partial charge in [-0.1, -0.05) is 6.92 Å². The largest absolute Gasteiger partial charge is 0.487 e. The van der Waals surface area contributed by atoms with Crippen LogP contribution in [0.1, 0.15) is 28.7 Å². The van der Waals surface area contributed by atoms with E-state index in [0.29, 0.717) is 0 Å². The molecule has 0 unspecified atom stereocenters. The number of carboxylic acid groups (broad SMARTS) is 1. The highest BCUT2D eigenvalue weighted by molar-refractivity contribution is 5.88. The van der Waals surface area contributed by atoms with E-state index in [-0.39, 0.29) is 17.9 Å². The highest BCUT2D eigenvalue weighted by Gasteiger charge is 2.11. The number of rotatable bonds is 5. The van der Waals surface area contributed by atoms with Crippen LogP contribution in [-0.2, 0) is 20.1 Å². The van der Waals surface area contributed by atoms with Crippen LogP contribution in [0.4, 0.5) is 4.39 Å². The summed E-state index contributed by atoms with van der Waals surface area (Å²) in [5.74, 6) is -1.82. The molecule has 0 saturated heterocycles. The number of ether oxygens (including phenoxy) is 1. The predicted molar refractivity (Wildman–Crippen MR) is 70.3 cm³/mol. The summed E-state index contributed by atoms with van der Waals surface area (Å²) < 4.78 is 20.6. The molecule has 0 aliphatic rings. The van der Waals surface area contributed by atoms with Gasteiger partial charge < -0.3 is 9.84 Å². The lowest BCUT2D eigenvalue weighted by Gasteiger charge is -2.07. The summed E-state index contributed by atoms with van der Waals surface area (Å²) in [4.78, 5) is 10.7. The zero-order valence-corrected chi connectivity index (χ0v) is 11.3. The lowest BCUT2D eigenvalue weighted by Crippen LogP contribution is -2.04. The number of aryl methyl sites for hydroxylation is 2. The smallest absolute Gasteiger partial charge is 0.338 e. The number of carboxylic acids is 1. The minimum atomic E-state index is -1.30. The fourth-order valence-electron chi connectivity index (χ4n) is 1.80. The molecule has 0 spiro atoms. The van der Waals surface area contributed by atoms with Crippen molar-refractivity contribution in [2.75, 3.05) is 0 Å². The Morgan fingerprint density at radius 3 is 2.75 bits per heavy atom. The standard InChI is InChI=1S/C14H15FN2O3/c1-3-9-6-10(17(2)16-9)8-20-11-4-5-12(14(18)19)13(15)7-11/h4-7H,3,8H2,1-2H3,(H,18,19). The van der Waals surface area contributed by atoms with Gasteiger partial charge >= 0.3 is 5.97 Å². The molecule has 0 fully saturated rings. The lowest BCUT2D eigenvalue weighted by atomic mass is 10.2. The number of hydrogen-bond acceptors (Lipinski definition) is 3. The summed E-state index contributed by atoms with van der Waals surface area (Å²) in [6.45, 7) is 2.25. The summed E-state index contributed by atoms with van der Waals surface area (Å²) >= 11 is 0. The van der Waals surface area contributed by atoms with Crippen LogP contribution in [0, 0.1) is 5.82 Å². The minimum Gasteiger partial charge on any atom is -0.487 e. The van der Waals surface area contributed by atoms with Crippen LogP contribution in [0.2, 0.25) is 0 Å². The molecule has 1 N–H and O–H groups in total. The maximum absolute atomic E-state index is 13.5. The Morgan fingerprint density at radius 1 is 1.45 bits per heavy atom. The van der Waals surface area contributed by atoms with Crippen LogP contribution in [0.25, 0.3) is 0 Å². The first kappa shape index (κ1) is 14.0. The molecule has 0 aliphatic heterocycles. The molecule has 106 valence electrons. The number of halogens is 1. The molecule has 5 nitrogen and oxygen atoms in total. The van der Waals surface area contributed by atoms with Gasteiger partial charge in [0.05, 0.1) is 17.0 Å². The number of nitrogens with zero attached hydrogens (tertiary/aromatic N) is 2. The Balaban J connectivity index is 2.09. The number of aromatic nitrogens is 2. The second-order valence-corrected chi connectivity index (χ2v) is 4.34. The summed E-state index contributed by atoms with van der Waals surface area (Å²) in [5, 5.41) is 13.0. The zero-order chi connectivity index (χ0) is 14.7. The first-order valence-electron chi connectivity index (χ1n) is 6.18. The van der Waals surface area contributed by atoms with Crippen molar-refractivity contribution in [3.05, 3.63) is 47.0 Å². The van der Waals surface area contributed by atoms with Crippen LogP contribution >= 0.6 is 0 Å². The highest BCUT2D eigenvalue weighted by atomic mass is 19.1. The van der Waals surface area contributed by atoms with E-state index in [4.69, 9.17) is 9.84 Å². The molecule has 0 bridgehead atoms. The fraction of sp³-hybridized carbons (Fsp3) is 0.286. The summed E-state index contributed by atoms with van der Waals surface area (Å²) in [6.07, 6.45) is 0.829. The average Bonchev–Trinajstić information content (AvgIpc) is 2.76. The molecule has 2 aromatic rings. The average molecular weight is 278 g/mol. The summed E-state index contributed by atoms with van der Waals surface area (Å²) in [5.41, 5.74) is 1.45. The van der Waals surface area contributed by atoms with Gasteiger partial charge in [0.25, 0.3) is 0 Å². The lowest BCUT2D eigenvalue weighted by molar-refractivity contribution is 0.0692. The molecule has 0 atom stereocenters. The third-order valence-corrected chi connectivity index (χ3v) is 2.95. The second-order valence-electron chi connectivity index (χ2n) is 4.34. The molecule has 20 heavy (non-hydrogen) atoms. The normalized spacial score (nSPS) is 10.6. The van der Waals surface area contributed by atoms with E-state index in [9.17, 15) is 9.18 Å². The van der Waals surface area contributed by atoms with Crippen molar-refractivity contribution >= 4 is 5.97 Å². The van der Waals surface area contributed by atoms with Crippen LogP contribution < -0.4 is 4.74 Å². The fourth-order valence-corrected chi connectivity index (χ4v) is 1.80. The maximum atomic E-state index is 13.5. The SMILES string of the molecule is CCc1cc(COc2ccc(C(=O)O)c(F)c2)n(C)n1. The highest BCUT2D eigenvalue weighted by Crippen LogP contribution is 2.18. The van der Waals surface area contributed by atoms with Gasteiger partial charge in [0.2, 0.25) is 0 Å². The van der Waals surface area contributed by atoms with Gasteiger partial charge in [-0.05, 0) is 24.6 Å². The van der Waals surface area contributed by atoms with Crippen LogP contribution in [0.15, 0.2) is 24.3 Å². The molecular weight excluding hydrogens is 263 g/mol. The first-order chi connectivity index (χ1) is 9.51. The third-order valence-electron chi connectivity index (χ3n) is 2.95. The monoisotopic (exact) mass is 278 g/mol. The molecule has 1 aromatic carbocycles. The van der Waals surface area contributed by atoms with Gasteiger partial charge in [0, 0.05) is 13.1 Å². The number of benzene rings is 1. The minimum absolute atomic E-state index is 0.245. The van der Waals surface area contributed by atoms with Crippen molar-refractivity contribution in [2.24, 2.45) is 7.05 Å². The van der Waals surface area contributed by atoms with E-state index in [1.165, 1.54) is 12.1 Å². The summed E-state index contributed by atoms with van der Waals surface area (Å²) in [6, 6.07) is 5.61. The number of hydrogen-bond donors (Lipinski definition) is 1. The third kappa shape index (κ3) is 2.96. The Bertz CT molecular complexity index is 637. The molecule has 0 radical (unpaired) electrons. The number of carbonyl (C=O) groups is 1. The van der Waals surface area contributed by atoms with Crippen molar-refractivity contribution in [3.8, 4) is 5.75 Å². The van der Waals surface area contributed by atoms with Crippen molar-refractivity contribution in [3.63, 3.8) is 0 Å². The van der Waals surface area contributed by atoms with Crippen LogP contribution in [0.3, 0.4) is 0 Å². The second kappa shape index (κ2) is 5.73. The van der Waals surface area contributed by atoms with E-state index >= 15 is 0 Å². The first-order valence-corrected chi connectivity index (χ1v) is 6.18. The predicted octanol–water partition coefficient (Wildman–Crippen LogP) is 2.40. The van der Waals surface area contributed by atoms with Gasteiger partial charge in [-0.3, -0.25) is 4.68 Å². The van der Waals surface area contributed by atoms with E-state index < -0.39 is 11.8 Å². The Kier molecular flexibility index (Phi) is 4.02. The van der Waals surface area contributed by atoms with E-state index in [0.717, 1.165) is 23.9 Å². The molecule has 1 aromatic heterocycles. The molecule has 0 aliphatic carbocycles. The molecule has 0 amide bonds. The van der Waals surface area contributed by atoms with E-state index in [2.05, 4.69) is 5.10 Å². The molecule has 1 heterocycles. The van der Waals surface area contributed by atoms with Gasteiger partial charge in [-0.25, -0.2) is 9.18 Å². The van der Waals surface area contributed by atoms with Gasteiger partial charge in [0.15, 0.2) is 0 Å². The van der Waals surface area contributed by atoms with Crippen molar-refractivity contribution < 1.29 is 19.0 Å². The Labute approximate surface area is 115 Å². The van der Waals surface area contributed by atoms with E-state index in [1.807, 2.05) is 20.0 Å². The van der Waals surface area contributed by atoms with Crippen molar-refractivity contribution in [1.29, 1.82) is 0 Å². The number of aromatic carboxylic acids is 1. The zero-order valence-electron chi connectivity index (χ0n) is 11.3. The quantitative estimate of drug-likeness (QED) is 0.912. The Morgan fingerprint density at radius 2 is 2.20 bits per heavy atom. The van der Waals surface area contributed by atoms with Crippen LogP contribution in [-0.4, -0.2) is 20.9 Å². The van der Waals surface area contributed by atoms with Gasteiger partial charge in [-0.2, -0.15) is 5.10 Å². The van der Waals surface area contributed by atoms with Crippen LogP contribution in [0.5, 0.6) is 5.75 Å². The van der Waals surface area contributed by atoms with Gasteiger partial charge in [0.1, 0.15) is 18.2 Å². The van der Waals surface area contributed by atoms with E-state index in [1.54, 1.807) is 4.68 Å². The van der Waals surface area contributed by atoms with Gasteiger partial charge in [-0.15, -0.1) is 0 Å². The van der Waals surface area contributed by atoms with Crippen molar-refractivity contribution in [1.82, 2.24) is 9.78 Å². The topological polar surface area (TPSA) is 64.3 Å². The maximum Gasteiger partial charge on any atom is 0.338 e. The Hall–Kier alpha value is -2.37. The molecule has 2 rings (SSSR count). The van der Waals surface area contributed by atoms with Crippen molar-refractivity contribution in [2.45, 2.75) is 20.0 Å². The molecule has 6 heteroatoms. The molecule has 0 saturated carbocycles. The molecular formula is C14H15FN2O3. The summed E-state index contributed by atoms with van der Waals surface area (Å²) in [7, 11) is 1.81.